The minimum absolute atomic E-state index is 0.0260. The van der Waals surface area contributed by atoms with E-state index < -0.39 is 0 Å². The third-order valence-electron chi connectivity index (χ3n) is 4.96. The molecule has 0 spiro atoms. The summed E-state index contributed by atoms with van der Waals surface area (Å²) in [5.74, 6) is 0.350. The number of nitrogens with one attached hydrogen (secondary N) is 1. The van der Waals surface area contributed by atoms with E-state index in [1.54, 1.807) is 23.0 Å². The van der Waals surface area contributed by atoms with E-state index in [0.717, 1.165) is 42.3 Å². The first kappa shape index (κ1) is 16.1. The van der Waals surface area contributed by atoms with Gasteiger partial charge < -0.3 is 5.32 Å². The summed E-state index contributed by atoms with van der Waals surface area (Å²) in [4.78, 5) is 31.6. The number of amides is 1. The van der Waals surface area contributed by atoms with Crippen molar-refractivity contribution in [3.8, 4) is 0 Å². The molecule has 24 heavy (non-hydrogen) atoms. The van der Waals surface area contributed by atoms with Gasteiger partial charge in [-0.1, -0.05) is 24.6 Å². The average Bonchev–Trinajstić information content (AvgIpc) is 3.26. The molecule has 1 amide bonds. The number of aromatic nitrogens is 2. The van der Waals surface area contributed by atoms with Gasteiger partial charge in [-0.2, -0.15) is 0 Å². The van der Waals surface area contributed by atoms with Crippen molar-refractivity contribution in [1.82, 2.24) is 14.9 Å². The lowest BCUT2D eigenvalue weighted by molar-refractivity contribution is -0.119. The van der Waals surface area contributed by atoms with Gasteiger partial charge in [-0.05, 0) is 37.7 Å². The van der Waals surface area contributed by atoms with Crippen LogP contribution in [-0.4, -0.2) is 27.3 Å². The quantitative estimate of drug-likeness (QED) is 0.670. The maximum Gasteiger partial charge on any atom is 0.262 e. The summed E-state index contributed by atoms with van der Waals surface area (Å²) >= 11 is 3.00. The van der Waals surface area contributed by atoms with Crippen LogP contribution in [0.5, 0.6) is 0 Å². The molecule has 0 saturated heterocycles. The molecule has 5 nitrogen and oxygen atoms in total. The van der Waals surface area contributed by atoms with Gasteiger partial charge in [-0.25, -0.2) is 4.98 Å². The second kappa shape index (κ2) is 6.52. The maximum atomic E-state index is 12.7. The normalized spacial score (nSPS) is 17.5. The van der Waals surface area contributed by atoms with Crippen LogP contribution in [0.25, 0.3) is 10.2 Å². The molecule has 1 saturated carbocycles. The second-order valence-corrected chi connectivity index (χ2v) is 8.66. The fraction of sp³-hybridized carbons (Fsp3) is 0.588. The Morgan fingerprint density at radius 1 is 1.33 bits per heavy atom. The lowest BCUT2D eigenvalue weighted by atomic mass is 10.2. The SMILES string of the molecule is Cn1c(SCC(=O)NC2CCCC2)nc2sc3c(c2c1=O)CCC3. The number of rotatable bonds is 4. The Labute approximate surface area is 148 Å². The number of thiophene rings is 1. The zero-order chi connectivity index (χ0) is 16.7. The first-order chi connectivity index (χ1) is 11.6. The molecule has 0 atom stereocenters. The molecule has 0 radical (unpaired) electrons. The number of aryl methyl sites for hydroxylation is 2. The third-order valence-corrected chi connectivity index (χ3v) is 7.17. The Morgan fingerprint density at radius 2 is 2.12 bits per heavy atom. The second-order valence-electron chi connectivity index (χ2n) is 6.63. The Hall–Kier alpha value is -1.34. The number of carbonyl (C=O) groups is 1. The molecule has 2 heterocycles. The van der Waals surface area contributed by atoms with E-state index >= 15 is 0 Å². The highest BCUT2D eigenvalue weighted by atomic mass is 32.2. The summed E-state index contributed by atoms with van der Waals surface area (Å²) in [6.07, 6.45) is 7.76. The van der Waals surface area contributed by atoms with Gasteiger partial charge >= 0.3 is 0 Å². The zero-order valence-corrected chi connectivity index (χ0v) is 15.4. The topological polar surface area (TPSA) is 64.0 Å². The van der Waals surface area contributed by atoms with Crippen LogP contribution in [0.2, 0.25) is 0 Å². The van der Waals surface area contributed by atoms with Gasteiger partial charge in [0.15, 0.2) is 5.16 Å². The molecule has 2 aliphatic rings. The molecular formula is C17H21N3O2S2. The van der Waals surface area contributed by atoms with Gasteiger partial charge in [0.25, 0.3) is 5.56 Å². The number of fused-ring (bicyclic) bond motifs is 3. The number of carbonyl (C=O) groups excluding carboxylic acids is 1. The van der Waals surface area contributed by atoms with E-state index in [1.165, 1.54) is 35.0 Å². The van der Waals surface area contributed by atoms with E-state index in [9.17, 15) is 9.59 Å². The standard InChI is InChI=1S/C17H21N3O2S2/c1-20-16(22)14-11-7-4-8-12(11)24-15(14)19-17(20)23-9-13(21)18-10-5-2-3-6-10/h10H,2-9H2,1H3,(H,18,21). The van der Waals surface area contributed by atoms with Crippen LogP contribution in [0.3, 0.4) is 0 Å². The van der Waals surface area contributed by atoms with Gasteiger partial charge in [0.1, 0.15) is 4.83 Å². The number of hydrogen-bond acceptors (Lipinski definition) is 5. The molecule has 2 aliphatic carbocycles. The number of thioether (sulfide) groups is 1. The van der Waals surface area contributed by atoms with Crippen LogP contribution in [-0.2, 0) is 24.7 Å². The van der Waals surface area contributed by atoms with Crippen molar-refractivity contribution in [2.75, 3.05) is 5.75 Å². The fourth-order valence-corrected chi connectivity index (χ4v) is 5.79. The molecule has 4 rings (SSSR count). The summed E-state index contributed by atoms with van der Waals surface area (Å²) in [7, 11) is 1.75. The highest BCUT2D eigenvalue weighted by molar-refractivity contribution is 7.99. The molecule has 0 aromatic carbocycles. The third kappa shape index (κ3) is 2.88. The molecule has 0 bridgehead atoms. The molecular weight excluding hydrogens is 342 g/mol. The van der Waals surface area contributed by atoms with Gasteiger partial charge in [-0.3, -0.25) is 14.2 Å². The van der Waals surface area contributed by atoms with Crippen molar-refractivity contribution in [3.05, 3.63) is 20.8 Å². The average molecular weight is 364 g/mol. The highest BCUT2D eigenvalue weighted by Gasteiger charge is 2.23. The first-order valence-electron chi connectivity index (χ1n) is 8.57. The predicted octanol–water partition coefficient (Wildman–Crippen LogP) is 2.63. The first-order valence-corrected chi connectivity index (χ1v) is 10.4. The van der Waals surface area contributed by atoms with Gasteiger partial charge in [0.05, 0.1) is 11.1 Å². The van der Waals surface area contributed by atoms with Gasteiger partial charge in [0, 0.05) is 18.0 Å². The van der Waals surface area contributed by atoms with E-state index in [0.29, 0.717) is 17.0 Å². The minimum atomic E-state index is 0.0260. The van der Waals surface area contributed by atoms with Crippen LogP contribution in [0.1, 0.15) is 42.5 Å². The molecule has 0 aliphatic heterocycles. The summed E-state index contributed by atoms with van der Waals surface area (Å²) in [6, 6.07) is 0.331. The van der Waals surface area contributed by atoms with Gasteiger partial charge in [0.2, 0.25) is 5.91 Å². The highest BCUT2D eigenvalue weighted by Crippen LogP contribution is 2.35. The lowest BCUT2D eigenvalue weighted by Gasteiger charge is -2.12. The molecule has 2 aromatic heterocycles. The molecule has 128 valence electrons. The van der Waals surface area contributed by atoms with Crippen molar-refractivity contribution < 1.29 is 4.79 Å². The molecule has 1 fully saturated rings. The monoisotopic (exact) mass is 363 g/mol. The Kier molecular flexibility index (Phi) is 4.39. The van der Waals surface area contributed by atoms with Crippen molar-refractivity contribution in [2.24, 2.45) is 7.05 Å². The van der Waals surface area contributed by atoms with Gasteiger partial charge in [-0.15, -0.1) is 11.3 Å². The molecule has 7 heteroatoms. The largest absolute Gasteiger partial charge is 0.353 e. The summed E-state index contributed by atoms with van der Waals surface area (Å²) in [5, 5.41) is 4.51. The Bertz CT molecular complexity index is 850. The predicted molar refractivity (Wildman–Crippen MR) is 98.0 cm³/mol. The van der Waals surface area contributed by atoms with Crippen LogP contribution in [0.4, 0.5) is 0 Å². The fourth-order valence-electron chi connectivity index (χ4n) is 3.70. The van der Waals surface area contributed by atoms with Crippen LogP contribution in [0.15, 0.2) is 9.95 Å². The van der Waals surface area contributed by atoms with Crippen molar-refractivity contribution in [3.63, 3.8) is 0 Å². The van der Waals surface area contributed by atoms with Crippen molar-refractivity contribution in [2.45, 2.75) is 56.1 Å². The lowest BCUT2D eigenvalue weighted by Crippen LogP contribution is -2.34. The smallest absolute Gasteiger partial charge is 0.262 e. The van der Waals surface area contributed by atoms with Crippen LogP contribution >= 0.6 is 23.1 Å². The van der Waals surface area contributed by atoms with Crippen molar-refractivity contribution >= 4 is 39.2 Å². The summed E-state index contributed by atoms with van der Waals surface area (Å²) in [6.45, 7) is 0. The minimum Gasteiger partial charge on any atom is -0.353 e. The summed E-state index contributed by atoms with van der Waals surface area (Å²) in [5.41, 5.74) is 1.23. The summed E-state index contributed by atoms with van der Waals surface area (Å²) < 4.78 is 1.60. The molecule has 0 unspecified atom stereocenters. The van der Waals surface area contributed by atoms with E-state index in [2.05, 4.69) is 10.3 Å². The van der Waals surface area contributed by atoms with Crippen LogP contribution in [0, 0.1) is 0 Å². The van der Waals surface area contributed by atoms with E-state index in [-0.39, 0.29) is 11.5 Å². The van der Waals surface area contributed by atoms with Crippen LogP contribution < -0.4 is 10.9 Å². The van der Waals surface area contributed by atoms with Crippen molar-refractivity contribution in [1.29, 1.82) is 0 Å². The Morgan fingerprint density at radius 3 is 2.92 bits per heavy atom. The zero-order valence-electron chi connectivity index (χ0n) is 13.8. The molecule has 1 N–H and O–H groups in total. The van der Waals surface area contributed by atoms with E-state index in [4.69, 9.17) is 0 Å². The number of hydrogen-bond donors (Lipinski definition) is 1. The van der Waals surface area contributed by atoms with E-state index in [1.807, 2.05) is 0 Å². The number of nitrogens with zero attached hydrogens (tertiary/aromatic N) is 2. The molecule has 2 aromatic rings. The maximum absolute atomic E-state index is 12.7. The Balaban J connectivity index is 1.53.